The third-order valence-corrected chi connectivity index (χ3v) is 9.97. The number of methoxy groups -OCH3 is 1. The lowest BCUT2D eigenvalue weighted by Gasteiger charge is -2.36. The molecule has 1 unspecified atom stereocenters. The van der Waals surface area contributed by atoms with Crippen LogP contribution in [-0.4, -0.2) is 91.2 Å². The fourth-order valence-electron chi connectivity index (χ4n) is 7.02. The number of pyridine rings is 2. The maximum absolute atomic E-state index is 13.6. The molecule has 2 saturated carbocycles. The highest BCUT2D eigenvalue weighted by Crippen LogP contribution is 2.47. The number of hydrogen-bond donors (Lipinski definition) is 3. The van der Waals surface area contributed by atoms with E-state index in [1.807, 2.05) is 30.0 Å². The molecule has 4 fully saturated rings. The van der Waals surface area contributed by atoms with Crippen molar-refractivity contribution < 1.29 is 19.4 Å². The molecule has 2 atom stereocenters. The zero-order chi connectivity index (χ0) is 31.7. The average Bonchev–Trinajstić information content (AvgIpc) is 3.97. The van der Waals surface area contributed by atoms with Crippen LogP contribution in [0.5, 0.6) is 5.88 Å². The zero-order valence-electron chi connectivity index (χ0n) is 26.5. The lowest BCUT2D eigenvalue weighted by Crippen LogP contribution is -2.56. The molecule has 4 aromatic rings. The molecule has 12 nitrogen and oxygen atoms in total. The van der Waals surface area contributed by atoms with Crippen LogP contribution >= 0.6 is 0 Å². The summed E-state index contributed by atoms with van der Waals surface area (Å²) in [6.45, 7) is 4.75. The minimum absolute atomic E-state index is 0.000797. The second kappa shape index (κ2) is 11.3. The van der Waals surface area contributed by atoms with Crippen molar-refractivity contribution in [2.75, 3.05) is 33.3 Å². The molecule has 8 rings (SSSR count). The first-order valence-electron chi connectivity index (χ1n) is 16.7. The highest BCUT2D eigenvalue weighted by Gasteiger charge is 2.35. The van der Waals surface area contributed by atoms with Crippen LogP contribution < -0.4 is 15.8 Å². The number of ether oxygens (including phenoxy) is 1. The maximum Gasteiger partial charge on any atom is 0.318 e. The van der Waals surface area contributed by atoms with Gasteiger partial charge in [0.15, 0.2) is 5.88 Å². The molecule has 242 valence electrons. The minimum Gasteiger partial charge on any atom is -0.482 e. The number of nitrogens with zero attached hydrogens (tertiary/aromatic N) is 6. The first kappa shape index (κ1) is 29.3. The molecule has 2 saturated heterocycles. The van der Waals surface area contributed by atoms with Gasteiger partial charge in [0.1, 0.15) is 17.0 Å². The van der Waals surface area contributed by atoms with Crippen LogP contribution in [0.25, 0.3) is 28.1 Å². The van der Waals surface area contributed by atoms with Crippen LogP contribution in [0.2, 0.25) is 0 Å². The molecule has 4 aromatic heterocycles. The number of hydrogen-bond acceptors (Lipinski definition) is 7. The van der Waals surface area contributed by atoms with Crippen molar-refractivity contribution in [3.05, 3.63) is 47.3 Å². The van der Waals surface area contributed by atoms with E-state index in [1.54, 1.807) is 12.0 Å². The quantitative estimate of drug-likeness (QED) is 0.271. The fourth-order valence-corrected chi connectivity index (χ4v) is 7.02. The second-order valence-corrected chi connectivity index (χ2v) is 13.7. The Balaban J connectivity index is 1.20. The Morgan fingerprint density at radius 2 is 1.87 bits per heavy atom. The monoisotopic (exact) mass is 626 g/mol. The number of aliphatic hydroxyl groups excluding tert-OH is 1. The number of likely N-dealkylation sites (tertiary alicyclic amines) is 2. The van der Waals surface area contributed by atoms with Crippen LogP contribution in [-0.2, 0) is 6.54 Å². The molecule has 2 aliphatic carbocycles. The molecule has 0 bridgehead atoms. The number of fused-ring (bicyclic) bond motifs is 2. The molecule has 0 spiro atoms. The molecule has 0 radical (unpaired) electrons. The van der Waals surface area contributed by atoms with Gasteiger partial charge in [0.05, 0.1) is 49.4 Å². The number of aliphatic hydroxyl groups is 1. The molecule has 46 heavy (non-hydrogen) atoms. The molecule has 4 N–H and O–H groups in total. The Bertz CT molecular complexity index is 1830. The first-order valence-corrected chi connectivity index (χ1v) is 16.7. The Kier molecular flexibility index (Phi) is 7.17. The van der Waals surface area contributed by atoms with Crippen molar-refractivity contribution >= 4 is 28.6 Å². The molecule has 4 aliphatic rings. The van der Waals surface area contributed by atoms with Gasteiger partial charge >= 0.3 is 6.03 Å². The van der Waals surface area contributed by atoms with Crippen molar-refractivity contribution in [1.29, 1.82) is 0 Å². The standard InChI is InChI=1S/C34H42N8O4/c1-19(36-34(45)40-17-25(43)18-40)26-10-9-22-12-27(41(32(22)37-26)15-20-5-6-20)30-31(21-7-8-21)42-28(38-30)13-23(14-29(42)46-2)33(44)39-11-3-4-24(35)16-39/h9-10,12-14,19-21,24-25,43H,3-8,11,15-18,35H2,1-2H3,(H,36,45)/t19-,24?/m1/s1. The Hall–Kier alpha value is -4.16. The molecular formula is C34H42N8O4. The number of rotatable bonds is 8. The van der Waals surface area contributed by atoms with Crippen LogP contribution in [0, 0.1) is 5.92 Å². The summed E-state index contributed by atoms with van der Waals surface area (Å²) in [6, 6.07) is 9.48. The number of carbonyl (C=O) groups is 2. The van der Waals surface area contributed by atoms with Gasteiger partial charge in [-0.2, -0.15) is 0 Å². The largest absolute Gasteiger partial charge is 0.482 e. The van der Waals surface area contributed by atoms with Gasteiger partial charge in [-0.1, -0.05) is 0 Å². The van der Waals surface area contributed by atoms with Gasteiger partial charge in [0.2, 0.25) is 0 Å². The summed E-state index contributed by atoms with van der Waals surface area (Å²) >= 11 is 0. The molecule has 3 amide bonds. The summed E-state index contributed by atoms with van der Waals surface area (Å²) in [4.78, 5) is 40.1. The number of imidazole rings is 1. The molecule has 12 heteroatoms. The highest BCUT2D eigenvalue weighted by molar-refractivity contribution is 5.96. The number of aromatic nitrogens is 4. The van der Waals surface area contributed by atoms with Crippen molar-refractivity contribution in [1.82, 2.24) is 34.1 Å². The van der Waals surface area contributed by atoms with E-state index in [-0.39, 0.29) is 24.0 Å². The van der Waals surface area contributed by atoms with Crippen molar-refractivity contribution in [3.8, 4) is 17.3 Å². The van der Waals surface area contributed by atoms with Gasteiger partial charge in [-0.3, -0.25) is 9.20 Å². The summed E-state index contributed by atoms with van der Waals surface area (Å²) in [7, 11) is 1.65. The van der Waals surface area contributed by atoms with Gasteiger partial charge in [-0.05, 0) is 75.6 Å². The number of nitrogens with two attached hydrogens (primary N) is 1. The third kappa shape index (κ3) is 5.27. The SMILES string of the molecule is COc1cc(C(=O)N2CCCC(N)C2)cc2nc(-c3cc4ccc([C@@H](C)NC(=O)N5CC(O)C5)nc4n3CC3CC3)c(C3CC3)n12. The van der Waals surface area contributed by atoms with E-state index in [0.29, 0.717) is 55.1 Å². The van der Waals surface area contributed by atoms with Crippen LogP contribution in [0.4, 0.5) is 4.79 Å². The van der Waals surface area contributed by atoms with Gasteiger partial charge in [-0.25, -0.2) is 14.8 Å². The van der Waals surface area contributed by atoms with Crippen molar-refractivity contribution in [3.63, 3.8) is 0 Å². The number of piperidine rings is 1. The van der Waals surface area contributed by atoms with Gasteiger partial charge < -0.3 is 35.3 Å². The van der Waals surface area contributed by atoms with Crippen LogP contribution in [0.3, 0.4) is 0 Å². The summed E-state index contributed by atoms with van der Waals surface area (Å²) in [5.41, 5.74) is 12.2. The minimum atomic E-state index is -0.444. The maximum atomic E-state index is 13.6. The van der Waals surface area contributed by atoms with Crippen molar-refractivity contribution in [2.24, 2.45) is 11.7 Å². The fraction of sp³-hybridized carbons (Fsp3) is 0.529. The van der Waals surface area contributed by atoms with Crippen molar-refractivity contribution in [2.45, 2.75) is 76.1 Å². The number of urea groups is 1. The van der Waals surface area contributed by atoms with E-state index < -0.39 is 6.10 Å². The lowest BCUT2D eigenvalue weighted by molar-refractivity contribution is 0.0259. The number of carbonyl (C=O) groups excluding carboxylic acids is 2. The Labute approximate surface area is 267 Å². The van der Waals surface area contributed by atoms with Crippen LogP contribution in [0.1, 0.15) is 79.2 Å². The normalized spacial score (nSPS) is 21.1. The number of amides is 3. The summed E-state index contributed by atoms with van der Waals surface area (Å²) in [5.74, 6) is 1.50. The number of β-amino-alcohol motifs (C(OH)–C–C–N with tert-alkyl or cyclic N) is 1. The Morgan fingerprint density at radius 3 is 2.57 bits per heavy atom. The first-order chi connectivity index (χ1) is 22.3. The lowest BCUT2D eigenvalue weighted by atomic mass is 10.1. The highest BCUT2D eigenvalue weighted by atomic mass is 16.5. The third-order valence-electron chi connectivity index (χ3n) is 9.97. The topological polar surface area (TPSA) is 143 Å². The van der Waals surface area contributed by atoms with E-state index in [0.717, 1.165) is 66.0 Å². The summed E-state index contributed by atoms with van der Waals surface area (Å²) in [6.07, 6.45) is 5.92. The van der Waals surface area contributed by atoms with Gasteiger partial charge in [-0.15, -0.1) is 0 Å². The zero-order valence-corrected chi connectivity index (χ0v) is 26.5. The van der Waals surface area contributed by atoms with E-state index >= 15 is 0 Å². The predicted octanol–water partition coefficient (Wildman–Crippen LogP) is 3.66. The van der Waals surface area contributed by atoms with Crippen LogP contribution in [0.15, 0.2) is 30.3 Å². The van der Waals surface area contributed by atoms with Gasteiger partial charge in [0, 0.05) is 48.6 Å². The van der Waals surface area contributed by atoms with E-state index in [4.69, 9.17) is 20.4 Å². The van der Waals surface area contributed by atoms with Gasteiger partial charge in [0.25, 0.3) is 5.91 Å². The Morgan fingerprint density at radius 1 is 1.07 bits per heavy atom. The number of nitrogens with one attached hydrogen (secondary N) is 1. The van der Waals surface area contributed by atoms with E-state index in [2.05, 4.69) is 26.4 Å². The molecular weight excluding hydrogens is 584 g/mol. The van der Waals surface area contributed by atoms with E-state index in [9.17, 15) is 14.7 Å². The predicted molar refractivity (Wildman–Crippen MR) is 173 cm³/mol. The molecule has 2 aliphatic heterocycles. The molecule has 6 heterocycles. The second-order valence-electron chi connectivity index (χ2n) is 13.7. The van der Waals surface area contributed by atoms with E-state index in [1.165, 1.54) is 12.8 Å². The smallest absolute Gasteiger partial charge is 0.318 e. The molecule has 0 aromatic carbocycles. The average molecular weight is 627 g/mol. The summed E-state index contributed by atoms with van der Waals surface area (Å²) < 4.78 is 10.3. The summed E-state index contributed by atoms with van der Waals surface area (Å²) in [5, 5.41) is 13.7.